The summed E-state index contributed by atoms with van der Waals surface area (Å²) >= 11 is 1.60. The summed E-state index contributed by atoms with van der Waals surface area (Å²) in [6.07, 6.45) is 2.94. The summed E-state index contributed by atoms with van der Waals surface area (Å²) in [5.41, 5.74) is 1.30. The van der Waals surface area contributed by atoms with Crippen LogP contribution in [0.1, 0.15) is 18.4 Å². The number of anilines is 1. The first-order chi connectivity index (χ1) is 13.4. The van der Waals surface area contributed by atoms with Gasteiger partial charge in [-0.25, -0.2) is 17.1 Å². The first-order valence-electron chi connectivity index (χ1n) is 9.04. The highest BCUT2D eigenvalue weighted by Crippen LogP contribution is 2.24. The van der Waals surface area contributed by atoms with Crippen molar-refractivity contribution in [2.75, 3.05) is 24.7 Å². The fraction of sp³-hybridized carbons (Fsp3) is 0.350. The topological polar surface area (TPSA) is 66.5 Å². The summed E-state index contributed by atoms with van der Waals surface area (Å²) in [4.78, 5) is 13.6. The number of amides is 1. The minimum Gasteiger partial charge on any atom is -0.326 e. The van der Waals surface area contributed by atoms with Crippen LogP contribution in [0, 0.1) is 11.7 Å². The van der Waals surface area contributed by atoms with Gasteiger partial charge in [0.05, 0.1) is 5.75 Å². The quantitative estimate of drug-likeness (QED) is 0.721. The van der Waals surface area contributed by atoms with E-state index in [1.807, 2.05) is 30.5 Å². The van der Waals surface area contributed by atoms with E-state index in [1.54, 1.807) is 11.8 Å². The van der Waals surface area contributed by atoms with Gasteiger partial charge in [-0.05, 0) is 55.0 Å². The van der Waals surface area contributed by atoms with Crippen LogP contribution in [0.5, 0.6) is 0 Å². The predicted octanol–water partition coefficient (Wildman–Crippen LogP) is 3.73. The van der Waals surface area contributed by atoms with Crippen molar-refractivity contribution in [3.05, 3.63) is 59.9 Å². The summed E-state index contributed by atoms with van der Waals surface area (Å²) in [5, 5.41) is 2.93. The SMILES string of the molecule is CSc1cccc(NC(=O)C2CCN(S(=O)(=O)Cc3ccc(F)cc3)CC2)c1. The molecule has 8 heteroatoms. The van der Waals surface area contributed by atoms with Gasteiger partial charge >= 0.3 is 0 Å². The number of thioether (sulfide) groups is 1. The number of carbonyl (C=O) groups is 1. The van der Waals surface area contributed by atoms with Crippen LogP contribution in [0.25, 0.3) is 0 Å². The molecule has 1 aliphatic rings. The highest BCUT2D eigenvalue weighted by atomic mass is 32.2. The first-order valence-corrected chi connectivity index (χ1v) is 11.9. The second-order valence-corrected chi connectivity index (χ2v) is 9.63. The molecule has 1 amide bonds. The molecule has 1 heterocycles. The first kappa shape index (κ1) is 20.8. The summed E-state index contributed by atoms with van der Waals surface area (Å²) in [7, 11) is -3.49. The van der Waals surface area contributed by atoms with Gasteiger partial charge in [-0.3, -0.25) is 4.79 Å². The van der Waals surface area contributed by atoms with Crippen LogP contribution < -0.4 is 5.32 Å². The number of benzene rings is 2. The maximum Gasteiger partial charge on any atom is 0.227 e. The average molecular weight is 423 g/mol. The van der Waals surface area contributed by atoms with Crippen LogP contribution >= 0.6 is 11.8 Å². The number of sulfonamides is 1. The van der Waals surface area contributed by atoms with Crippen molar-refractivity contribution in [3.8, 4) is 0 Å². The van der Waals surface area contributed by atoms with E-state index in [2.05, 4.69) is 5.32 Å². The van der Waals surface area contributed by atoms with Gasteiger partial charge in [0.2, 0.25) is 15.9 Å². The third-order valence-electron chi connectivity index (χ3n) is 4.82. The monoisotopic (exact) mass is 422 g/mol. The zero-order valence-corrected chi connectivity index (χ0v) is 17.2. The minimum atomic E-state index is -3.49. The molecule has 0 bridgehead atoms. The van der Waals surface area contributed by atoms with Gasteiger partial charge in [-0.1, -0.05) is 18.2 Å². The van der Waals surface area contributed by atoms with E-state index >= 15 is 0 Å². The summed E-state index contributed by atoms with van der Waals surface area (Å²) in [6, 6.07) is 13.1. The number of halogens is 1. The number of carbonyl (C=O) groups excluding carboxylic acids is 1. The predicted molar refractivity (Wildman–Crippen MR) is 110 cm³/mol. The number of nitrogens with one attached hydrogen (secondary N) is 1. The lowest BCUT2D eigenvalue weighted by molar-refractivity contribution is -0.120. The van der Waals surface area contributed by atoms with E-state index in [9.17, 15) is 17.6 Å². The zero-order chi connectivity index (χ0) is 20.1. The molecule has 1 N–H and O–H groups in total. The Labute approximate surface area is 169 Å². The molecule has 1 fully saturated rings. The van der Waals surface area contributed by atoms with Crippen molar-refractivity contribution in [2.24, 2.45) is 5.92 Å². The fourth-order valence-electron chi connectivity index (χ4n) is 3.22. The van der Waals surface area contributed by atoms with Crippen LogP contribution in [0.15, 0.2) is 53.4 Å². The molecule has 0 aliphatic carbocycles. The van der Waals surface area contributed by atoms with Crippen LogP contribution in [-0.2, 0) is 20.6 Å². The van der Waals surface area contributed by atoms with Gasteiger partial charge < -0.3 is 5.32 Å². The molecule has 5 nitrogen and oxygen atoms in total. The van der Waals surface area contributed by atoms with Gasteiger partial charge in [0.1, 0.15) is 5.82 Å². The number of piperidine rings is 1. The van der Waals surface area contributed by atoms with Gasteiger partial charge in [-0.15, -0.1) is 11.8 Å². The number of rotatable bonds is 6. The maximum absolute atomic E-state index is 13.0. The summed E-state index contributed by atoms with van der Waals surface area (Å²) in [5.74, 6) is -0.842. The Hall–Kier alpha value is -1.90. The third kappa shape index (κ3) is 5.33. The molecule has 0 radical (unpaired) electrons. The molecule has 3 rings (SSSR count). The molecule has 2 aromatic rings. The Morgan fingerprint density at radius 3 is 2.50 bits per heavy atom. The van der Waals surface area contributed by atoms with Crippen molar-refractivity contribution in [1.29, 1.82) is 0 Å². The number of hydrogen-bond donors (Lipinski definition) is 1. The lowest BCUT2D eigenvalue weighted by atomic mass is 9.97. The standard InChI is InChI=1S/C20H23FN2O3S2/c1-27-19-4-2-3-18(13-19)22-20(24)16-9-11-23(12-10-16)28(25,26)14-15-5-7-17(21)8-6-15/h2-8,13,16H,9-12,14H2,1H3,(H,22,24). The van der Waals surface area contributed by atoms with Gasteiger partial charge in [-0.2, -0.15) is 0 Å². The highest BCUT2D eigenvalue weighted by molar-refractivity contribution is 7.98. The van der Waals surface area contributed by atoms with Crippen LogP contribution in [0.2, 0.25) is 0 Å². The number of hydrogen-bond acceptors (Lipinski definition) is 4. The molecule has 2 aromatic carbocycles. The Morgan fingerprint density at radius 2 is 1.86 bits per heavy atom. The van der Waals surface area contributed by atoms with Crippen LogP contribution in [0.3, 0.4) is 0 Å². The van der Waals surface area contributed by atoms with Gasteiger partial charge in [0, 0.05) is 29.6 Å². The largest absolute Gasteiger partial charge is 0.326 e. The van der Waals surface area contributed by atoms with E-state index in [1.165, 1.54) is 28.6 Å². The van der Waals surface area contributed by atoms with Crippen molar-refractivity contribution in [2.45, 2.75) is 23.5 Å². The molecule has 0 spiro atoms. The molecule has 0 aromatic heterocycles. The smallest absolute Gasteiger partial charge is 0.227 e. The summed E-state index contributed by atoms with van der Waals surface area (Å²) < 4.78 is 39.6. The van der Waals surface area contributed by atoms with Gasteiger partial charge in [0.15, 0.2) is 0 Å². The van der Waals surface area contributed by atoms with Crippen LogP contribution in [-0.4, -0.2) is 38.0 Å². The second kappa shape index (κ2) is 9.07. The minimum absolute atomic E-state index is 0.0752. The molecular weight excluding hydrogens is 399 g/mol. The molecule has 1 saturated heterocycles. The van der Waals surface area contributed by atoms with Crippen LogP contribution in [0.4, 0.5) is 10.1 Å². The molecule has 150 valence electrons. The van der Waals surface area contributed by atoms with E-state index in [0.717, 1.165) is 10.6 Å². The van der Waals surface area contributed by atoms with E-state index < -0.39 is 15.8 Å². The van der Waals surface area contributed by atoms with Crippen molar-refractivity contribution in [3.63, 3.8) is 0 Å². The Morgan fingerprint density at radius 1 is 1.18 bits per heavy atom. The van der Waals surface area contributed by atoms with E-state index in [0.29, 0.717) is 31.5 Å². The third-order valence-corrected chi connectivity index (χ3v) is 7.39. The number of nitrogens with zero attached hydrogens (tertiary/aromatic N) is 1. The molecule has 0 unspecified atom stereocenters. The van der Waals surface area contributed by atoms with Gasteiger partial charge in [0.25, 0.3) is 0 Å². The maximum atomic E-state index is 13.0. The fourth-order valence-corrected chi connectivity index (χ4v) is 5.25. The second-order valence-electron chi connectivity index (χ2n) is 6.78. The van der Waals surface area contributed by atoms with E-state index in [-0.39, 0.29) is 17.6 Å². The zero-order valence-electron chi connectivity index (χ0n) is 15.6. The normalized spacial score (nSPS) is 16.1. The molecule has 0 saturated carbocycles. The Balaban J connectivity index is 1.55. The lowest BCUT2D eigenvalue weighted by Gasteiger charge is -2.30. The van der Waals surface area contributed by atoms with E-state index in [4.69, 9.17) is 0 Å². The highest BCUT2D eigenvalue weighted by Gasteiger charge is 2.31. The van der Waals surface area contributed by atoms with Crippen molar-refractivity contribution < 1.29 is 17.6 Å². The molecule has 28 heavy (non-hydrogen) atoms. The average Bonchev–Trinajstić information content (AvgIpc) is 2.70. The molecular formula is C20H23FN2O3S2. The Bertz CT molecular complexity index is 925. The molecule has 1 aliphatic heterocycles. The molecule has 0 atom stereocenters. The summed E-state index contributed by atoms with van der Waals surface area (Å²) in [6.45, 7) is 0.624. The Kier molecular flexibility index (Phi) is 6.74. The lowest BCUT2D eigenvalue weighted by Crippen LogP contribution is -2.41. The van der Waals surface area contributed by atoms with Crippen molar-refractivity contribution >= 4 is 33.4 Å². The van der Waals surface area contributed by atoms with Crippen molar-refractivity contribution in [1.82, 2.24) is 4.31 Å².